The zero-order chi connectivity index (χ0) is 16.8. The fourth-order valence-corrected chi connectivity index (χ4v) is 2.70. The first-order valence-electron chi connectivity index (χ1n) is 8.35. The number of carbonyl (C=O) groups is 1. The Labute approximate surface area is 142 Å². The number of hydrogen-bond acceptors (Lipinski definition) is 5. The van der Waals surface area contributed by atoms with Crippen molar-refractivity contribution in [3.63, 3.8) is 0 Å². The molecule has 6 heteroatoms. The maximum absolute atomic E-state index is 11.9. The molecule has 0 bridgehead atoms. The van der Waals surface area contributed by atoms with Gasteiger partial charge in [0.15, 0.2) is 5.82 Å². The van der Waals surface area contributed by atoms with E-state index in [0.717, 1.165) is 44.2 Å². The molecule has 6 nitrogen and oxygen atoms in total. The summed E-state index contributed by atoms with van der Waals surface area (Å²) in [6, 6.07) is 13.3. The van der Waals surface area contributed by atoms with Crippen LogP contribution in [0.1, 0.15) is 19.8 Å². The largest absolute Gasteiger partial charge is 0.438 e. The molecule has 0 atom stereocenters. The average Bonchev–Trinajstić information content (AvgIpc) is 2.64. The molecule has 1 saturated heterocycles. The van der Waals surface area contributed by atoms with Gasteiger partial charge in [-0.05, 0) is 24.6 Å². The Kier molecular flexibility index (Phi) is 5.25. The maximum Gasteiger partial charge on any atom is 0.238 e. The van der Waals surface area contributed by atoms with E-state index in [-0.39, 0.29) is 5.91 Å². The smallest absolute Gasteiger partial charge is 0.238 e. The summed E-state index contributed by atoms with van der Waals surface area (Å²) >= 11 is 0. The van der Waals surface area contributed by atoms with Crippen molar-refractivity contribution in [1.82, 2.24) is 15.1 Å². The fraction of sp³-hybridized carbons (Fsp3) is 0.389. The van der Waals surface area contributed by atoms with Crippen molar-refractivity contribution in [3.8, 4) is 11.6 Å². The molecule has 2 aromatic rings. The van der Waals surface area contributed by atoms with Crippen molar-refractivity contribution < 1.29 is 9.53 Å². The van der Waals surface area contributed by atoms with Gasteiger partial charge in [-0.3, -0.25) is 4.79 Å². The van der Waals surface area contributed by atoms with Crippen LogP contribution in [0.15, 0.2) is 42.5 Å². The molecule has 0 aliphatic carbocycles. The molecule has 0 N–H and O–H groups in total. The van der Waals surface area contributed by atoms with Gasteiger partial charge in [-0.1, -0.05) is 25.1 Å². The Hall–Kier alpha value is -2.63. The van der Waals surface area contributed by atoms with Gasteiger partial charge in [-0.25, -0.2) is 0 Å². The highest BCUT2D eigenvalue weighted by Gasteiger charge is 2.21. The third kappa shape index (κ3) is 4.01. The van der Waals surface area contributed by atoms with Crippen LogP contribution in [0.2, 0.25) is 0 Å². The number of carbonyl (C=O) groups excluding carboxylic acids is 1. The monoisotopic (exact) mass is 326 g/mol. The Morgan fingerprint density at radius 2 is 1.79 bits per heavy atom. The molecule has 1 aromatic heterocycles. The molecular formula is C18H22N4O2. The Balaban J connectivity index is 1.56. The van der Waals surface area contributed by atoms with E-state index < -0.39 is 0 Å². The van der Waals surface area contributed by atoms with Crippen LogP contribution in [0.3, 0.4) is 0 Å². The van der Waals surface area contributed by atoms with Gasteiger partial charge in [0.25, 0.3) is 0 Å². The third-order valence-corrected chi connectivity index (χ3v) is 4.01. The molecule has 2 heterocycles. The summed E-state index contributed by atoms with van der Waals surface area (Å²) in [7, 11) is 0. The first-order valence-corrected chi connectivity index (χ1v) is 8.35. The summed E-state index contributed by atoms with van der Waals surface area (Å²) in [6.07, 6.45) is 1.53. The first-order chi connectivity index (χ1) is 11.8. The predicted octanol–water partition coefficient (Wildman–Crippen LogP) is 2.72. The topological polar surface area (TPSA) is 58.6 Å². The van der Waals surface area contributed by atoms with E-state index in [2.05, 4.69) is 15.1 Å². The summed E-state index contributed by atoms with van der Waals surface area (Å²) < 4.78 is 5.65. The van der Waals surface area contributed by atoms with Crippen LogP contribution in [0.4, 0.5) is 5.82 Å². The lowest BCUT2D eigenvalue weighted by Crippen LogP contribution is -2.49. The van der Waals surface area contributed by atoms with Crippen molar-refractivity contribution in [1.29, 1.82) is 0 Å². The predicted molar refractivity (Wildman–Crippen MR) is 92.2 cm³/mol. The van der Waals surface area contributed by atoms with E-state index in [1.54, 1.807) is 0 Å². The second kappa shape index (κ2) is 7.77. The number of benzene rings is 1. The van der Waals surface area contributed by atoms with Crippen LogP contribution >= 0.6 is 0 Å². The van der Waals surface area contributed by atoms with Gasteiger partial charge in [0.2, 0.25) is 11.8 Å². The molecule has 0 radical (unpaired) electrons. The minimum absolute atomic E-state index is 0.245. The molecule has 0 unspecified atom stereocenters. The van der Waals surface area contributed by atoms with Crippen LogP contribution < -0.4 is 9.64 Å². The number of aromatic nitrogens is 2. The number of nitrogens with zero attached hydrogens (tertiary/aromatic N) is 4. The normalized spacial score (nSPS) is 14.5. The van der Waals surface area contributed by atoms with E-state index in [9.17, 15) is 4.79 Å². The summed E-state index contributed by atoms with van der Waals surface area (Å²) in [5, 5.41) is 8.39. The van der Waals surface area contributed by atoms with Crippen molar-refractivity contribution in [2.45, 2.75) is 19.8 Å². The average molecular weight is 326 g/mol. The molecule has 0 saturated carbocycles. The second-order valence-corrected chi connectivity index (χ2v) is 5.76. The minimum Gasteiger partial charge on any atom is -0.438 e. The van der Waals surface area contributed by atoms with Gasteiger partial charge < -0.3 is 14.5 Å². The molecule has 0 spiro atoms. The molecule has 1 amide bonds. The van der Waals surface area contributed by atoms with Crippen LogP contribution in [0.25, 0.3) is 0 Å². The SMILES string of the molecule is CCCC(=O)N1CCN(c2ccc(Oc3ccccc3)nn2)CC1. The number of rotatable bonds is 5. The van der Waals surface area contributed by atoms with E-state index in [0.29, 0.717) is 12.3 Å². The van der Waals surface area contributed by atoms with Crippen molar-refractivity contribution in [2.75, 3.05) is 31.1 Å². The number of para-hydroxylation sites is 1. The van der Waals surface area contributed by atoms with Gasteiger partial charge in [-0.15, -0.1) is 10.2 Å². The van der Waals surface area contributed by atoms with Crippen LogP contribution in [-0.4, -0.2) is 47.2 Å². The molecule has 1 fully saturated rings. The Morgan fingerprint density at radius 3 is 2.42 bits per heavy atom. The Morgan fingerprint density at radius 1 is 1.04 bits per heavy atom. The van der Waals surface area contributed by atoms with Gasteiger partial charge >= 0.3 is 0 Å². The van der Waals surface area contributed by atoms with Crippen LogP contribution in [-0.2, 0) is 4.79 Å². The molecule has 1 aliphatic rings. The number of piperazine rings is 1. The van der Waals surface area contributed by atoms with Gasteiger partial charge in [0.05, 0.1) is 0 Å². The van der Waals surface area contributed by atoms with Crippen molar-refractivity contribution in [2.24, 2.45) is 0 Å². The molecule has 3 rings (SSSR count). The summed E-state index contributed by atoms with van der Waals surface area (Å²) in [5.74, 6) is 2.28. The quantitative estimate of drug-likeness (QED) is 0.845. The third-order valence-electron chi connectivity index (χ3n) is 4.01. The lowest BCUT2D eigenvalue weighted by atomic mass is 10.2. The van der Waals surface area contributed by atoms with E-state index in [1.165, 1.54) is 0 Å². The zero-order valence-corrected chi connectivity index (χ0v) is 13.9. The number of amides is 1. The molecule has 1 aromatic carbocycles. The van der Waals surface area contributed by atoms with Gasteiger partial charge in [0, 0.05) is 38.7 Å². The fourth-order valence-electron chi connectivity index (χ4n) is 2.70. The number of ether oxygens (including phenoxy) is 1. The van der Waals surface area contributed by atoms with E-state index in [4.69, 9.17) is 4.74 Å². The summed E-state index contributed by atoms with van der Waals surface area (Å²) in [6.45, 7) is 5.07. The lowest BCUT2D eigenvalue weighted by molar-refractivity contribution is -0.131. The van der Waals surface area contributed by atoms with Gasteiger partial charge in [-0.2, -0.15) is 0 Å². The summed E-state index contributed by atoms with van der Waals surface area (Å²) in [4.78, 5) is 16.0. The van der Waals surface area contributed by atoms with Crippen molar-refractivity contribution >= 4 is 11.7 Å². The second-order valence-electron chi connectivity index (χ2n) is 5.76. The highest BCUT2D eigenvalue weighted by Crippen LogP contribution is 2.20. The van der Waals surface area contributed by atoms with Crippen LogP contribution in [0, 0.1) is 0 Å². The molecule has 1 aliphatic heterocycles. The van der Waals surface area contributed by atoms with E-state index >= 15 is 0 Å². The van der Waals surface area contributed by atoms with Crippen LogP contribution in [0.5, 0.6) is 11.6 Å². The maximum atomic E-state index is 11.9. The zero-order valence-electron chi connectivity index (χ0n) is 13.9. The van der Waals surface area contributed by atoms with Crippen molar-refractivity contribution in [3.05, 3.63) is 42.5 Å². The highest BCUT2D eigenvalue weighted by atomic mass is 16.5. The number of anilines is 1. The van der Waals surface area contributed by atoms with Gasteiger partial charge in [0.1, 0.15) is 5.75 Å². The molecule has 24 heavy (non-hydrogen) atoms. The minimum atomic E-state index is 0.245. The first kappa shape index (κ1) is 16.2. The molecular weight excluding hydrogens is 304 g/mol. The Bertz CT molecular complexity index is 652. The van der Waals surface area contributed by atoms with E-state index in [1.807, 2.05) is 54.3 Å². The highest BCUT2D eigenvalue weighted by molar-refractivity contribution is 5.76. The number of hydrogen-bond donors (Lipinski definition) is 0. The standard InChI is InChI=1S/C18H22N4O2/c1-2-6-18(23)22-13-11-21(12-14-22)16-9-10-17(20-19-16)24-15-7-4-3-5-8-15/h3-5,7-10H,2,6,11-14H2,1H3. The lowest BCUT2D eigenvalue weighted by Gasteiger charge is -2.35. The summed E-state index contributed by atoms with van der Waals surface area (Å²) in [5.41, 5.74) is 0. The molecule has 126 valence electrons.